The minimum atomic E-state index is -3.67. The van der Waals surface area contributed by atoms with Crippen LogP contribution in [-0.4, -0.2) is 27.5 Å². The van der Waals surface area contributed by atoms with E-state index in [0.29, 0.717) is 6.54 Å². The standard InChI is InChI=1S/C15H26N4O2S/c1-3-5-6-10-18-15(17-4-2)19-12-13-8-7-9-14(11-13)22(16,20)21/h7-9,11H,3-6,10,12H2,1-2H3,(H2,16,20,21)(H2,17,18,19). The molecule has 4 N–H and O–H groups in total. The lowest BCUT2D eigenvalue weighted by Crippen LogP contribution is -2.37. The van der Waals surface area contributed by atoms with Crippen LogP contribution in [0.5, 0.6) is 0 Å². The summed E-state index contributed by atoms with van der Waals surface area (Å²) >= 11 is 0. The third kappa shape index (κ3) is 6.91. The van der Waals surface area contributed by atoms with E-state index in [0.717, 1.165) is 31.0 Å². The summed E-state index contributed by atoms with van der Waals surface area (Å²) in [4.78, 5) is 4.58. The lowest BCUT2D eigenvalue weighted by atomic mass is 10.2. The predicted octanol–water partition coefficient (Wildman–Crippen LogP) is 1.58. The Labute approximate surface area is 133 Å². The lowest BCUT2D eigenvalue weighted by molar-refractivity contribution is 0.597. The first-order valence-corrected chi connectivity index (χ1v) is 9.16. The van der Waals surface area contributed by atoms with Crippen LogP contribution in [0.25, 0.3) is 0 Å². The van der Waals surface area contributed by atoms with Gasteiger partial charge in [-0.3, -0.25) is 0 Å². The number of guanidine groups is 1. The number of rotatable bonds is 8. The Hall–Kier alpha value is -1.60. The van der Waals surface area contributed by atoms with Gasteiger partial charge in [0.2, 0.25) is 10.0 Å². The zero-order chi connectivity index (χ0) is 16.4. The van der Waals surface area contributed by atoms with E-state index < -0.39 is 10.0 Å². The van der Waals surface area contributed by atoms with Gasteiger partial charge in [0.25, 0.3) is 0 Å². The summed E-state index contributed by atoms with van der Waals surface area (Å²) in [5, 5.41) is 11.6. The molecule has 0 saturated carbocycles. The Kier molecular flexibility index (Phi) is 7.90. The average Bonchev–Trinajstić information content (AvgIpc) is 2.48. The van der Waals surface area contributed by atoms with Crippen molar-refractivity contribution in [2.75, 3.05) is 13.1 Å². The van der Waals surface area contributed by atoms with Crippen molar-refractivity contribution >= 4 is 16.0 Å². The fourth-order valence-electron chi connectivity index (χ4n) is 1.91. The Morgan fingerprint density at radius 3 is 2.64 bits per heavy atom. The lowest BCUT2D eigenvalue weighted by Gasteiger charge is -2.11. The zero-order valence-corrected chi connectivity index (χ0v) is 14.1. The van der Waals surface area contributed by atoms with Crippen LogP contribution in [0, 0.1) is 0 Å². The van der Waals surface area contributed by atoms with Gasteiger partial charge in [-0.2, -0.15) is 0 Å². The second-order valence-corrected chi connectivity index (χ2v) is 6.58. The first-order chi connectivity index (χ1) is 10.5. The van der Waals surface area contributed by atoms with Gasteiger partial charge in [0.1, 0.15) is 0 Å². The van der Waals surface area contributed by atoms with Gasteiger partial charge >= 0.3 is 0 Å². The van der Waals surface area contributed by atoms with E-state index in [4.69, 9.17) is 5.14 Å². The SMILES string of the molecule is CCCCCNC(=NCc1cccc(S(N)(=O)=O)c1)NCC. The molecule has 1 aromatic rings. The number of nitrogens with zero attached hydrogens (tertiary/aromatic N) is 1. The molecule has 0 heterocycles. The van der Waals surface area contributed by atoms with E-state index in [1.807, 2.05) is 13.0 Å². The number of unbranched alkanes of at least 4 members (excludes halogenated alkanes) is 2. The molecule has 0 aliphatic carbocycles. The third-order valence-corrected chi connectivity index (χ3v) is 3.97. The second kappa shape index (κ2) is 9.42. The highest BCUT2D eigenvalue weighted by Crippen LogP contribution is 2.10. The summed E-state index contributed by atoms with van der Waals surface area (Å²) in [5.41, 5.74) is 0.803. The molecule has 0 saturated heterocycles. The molecule has 6 nitrogen and oxygen atoms in total. The van der Waals surface area contributed by atoms with Gasteiger partial charge in [-0.25, -0.2) is 18.5 Å². The number of primary sulfonamides is 1. The van der Waals surface area contributed by atoms with Crippen LogP contribution in [0.1, 0.15) is 38.7 Å². The Morgan fingerprint density at radius 2 is 2.00 bits per heavy atom. The molecular weight excluding hydrogens is 300 g/mol. The van der Waals surface area contributed by atoms with E-state index in [9.17, 15) is 8.42 Å². The van der Waals surface area contributed by atoms with Gasteiger partial charge in [0.05, 0.1) is 11.4 Å². The van der Waals surface area contributed by atoms with Gasteiger partial charge in [-0.05, 0) is 31.0 Å². The van der Waals surface area contributed by atoms with Crippen molar-refractivity contribution in [3.63, 3.8) is 0 Å². The third-order valence-electron chi connectivity index (χ3n) is 3.06. The van der Waals surface area contributed by atoms with Crippen molar-refractivity contribution in [3.8, 4) is 0 Å². The second-order valence-electron chi connectivity index (χ2n) is 5.02. The molecule has 0 bridgehead atoms. The van der Waals surface area contributed by atoms with Crippen molar-refractivity contribution in [2.24, 2.45) is 10.1 Å². The average molecular weight is 326 g/mol. The molecule has 0 spiro atoms. The molecule has 0 aliphatic rings. The Balaban J connectivity index is 2.69. The molecule has 0 unspecified atom stereocenters. The topological polar surface area (TPSA) is 96.6 Å². The zero-order valence-electron chi connectivity index (χ0n) is 13.3. The van der Waals surface area contributed by atoms with Crippen LogP contribution in [0.4, 0.5) is 0 Å². The summed E-state index contributed by atoms with van der Waals surface area (Å²) in [6.07, 6.45) is 3.46. The predicted molar refractivity (Wildman–Crippen MR) is 90.2 cm³/mol. The highest BCUT2D eigenvalue weighted by molar-refractivity contribution is 7.89. The van der Waals surface area contributed by atoms with Crippen LogP contribution in [-0.2, 0) is 16.6 Å². The number of nitrogens with one attached hydrogen (secondary N) is 2. The molecule has 124 valence electrons. The summed E-state index contributed by atoms with van der Waals surface area (Å²) in [6.45, 7) is 6.21. The van der Waals surface area contributed by atoms with E-state index >= 15 is 0 Å². The highest BCUT2D eigenvalue weighted by Gasteiger charge is 2.07. The summed E-state index contributed by atoms with van der Waals surface area (Å²) < 4.78 is 22.7. The fourth-order valence-corrected chi connectivity index (χ4v) is 2.50. The number of hydrogen-bond acceptors (Lipinski definition) is 3. The summed E-state index contributed by atoms with van der Waals surface area (Å²) in [7, 11) is -3.67. The molecule has 0 radical (unpaired) electrons. The molecule has 1 aromatic carbocycles. The Bertz CT molecular complexity index is 585. The van der Waals surface area contributed by atoms with Crippen LogP contribution in [0.15, 0.2) is 34.2 Å². The van der Waals surface area contributed by atoms with Crippen molar-refractivity contribution < 1.29 is 8.42 Å². The smallest absolute Gasteiger partial charge is 0.238 e. The van der Waals surface area contributed by atoms with Crippen molar-refractivity contribution in [3.05, 3.63) is 29.8 Å². The van der Waals surface area contributed by atoms with Gasteiger partial charge in [0.15, 0.2) is 5.96 Å². The largest absolute Gasteiger partial charge is 0.357 e. The maximum absolute atomic E-state index is 11.3. The maximum atomic E-state index is 11.3. The van der Waals surface area contributed by atoms with E-state index in [-0.39, 0.29) is 4.90 Å². The van der Waals surface area contributed by atoms with Gasteiger partial charge in [-0.1, -0.05) is 31.9 Å². The first-order valence-electron chi connectivity index (χ1n) is 7.61. The normalized spacial score (nSPS) is 12.2. The number of hydrogen-bond donors (Lipinski definition) is 3. The molecule has 0 fully saturated rings. The van der Waals surface area contributed by atoms with Gasteiger partial charge in [0, 0.05) is 13.1 Å². The fraction of sp³-hybridized carbons (Fsp3) is 0.533. The van der Waals surface area contributed by atoms with E-state index in [2.05, 4.69) is 22.5 Å². The number of sulfonamides is 1. The minimum absolute atomic E-state index is 0.112. The van der Waals surface area contributed by atoms with Crippen LogP contribution < -0.4 is 15.8 Å². The van der Waals surface area contributed by atoms with Crippen molar-refractivity contribution in [1.82, 2.24) is 10.6 Å². The molecule has 1 rings (SSSR count). The van der Waals surface area contributed by atoms with E-state index in [1.165, 1.54) is 18.9 Å². The van der Waals surface area contributed by atoms with Crippen LogP contribution in [0.3, 0.4) is 0 Å². The molecule has 0 atom stereocenters. The number of aliphatic imine (C=N–C) groups is 1. The minimum Gasteiger partial charge on any atom is -0.357 e. The summed E-state index contributed by atoms with van der Waals surface area (Å²) in [5.74, 6) is 0.736. The van der Waals surface area contributed by atoms with Crippen LogP contribution >= 0.6 is 0 Å². The number of nitrogens with two attached hydrogens (primary N) is 1. The van der Waals surface area contributed by atoms with Crippen molar-refractivity contribution in [1.29, 1.82) is 0 Å². The monoisotopic (exact) mass is 326 g/mol. The quantitative estimate of drug-likeness (QED) is 0.384. The van der Waals surface area contributed by atoms with Crippen LogP contribution in [0.2, 0.25) is 0 Å². The molecule has 22 heavy (non-hydrogen) atoms. The Morgan fingerprint density at radius 1 is 1.23 bits per heavy atom. The summed E-state index contributed by atoms with van der Waals surface area (Å²) in [6, 6.07) is 6.54. The highest BCUT2D eigenvalue weighted by atomic mass is 32.2. The molecule has 7 heteroatoms. The first kappa shape index (κ1) is 18.4. The number of benzene rings is 1. The molecular formula is C15H26N4O2S. The molecule has 0 aromatic heterocycles. The van der Waals surface area contributed by atoms with E-state index in [1.54, 1.807) is 12.1 Å². The van der Waals surface area contributed by atoms with Crippen molar-refractivity contribution in [2.45, 2.75) is 44.6 Å². The maximum Gasteiger partial charge on any atom is 0.238 e. The molecule has 0 amide bonds. The van der Waals surface area contributed by atoms with Gasteiger partial charge in [-0.15, -0.1) is 0 Å². The van der Waals surface area contributed by atoms with Gasteiger partial charge < -0.3 is 10.6 Å². The molecule has 0 aliphatic heterocycles.